The molecule has 0 aliphatic heterocycles. The summed E-state index contributed by atoms with van der Waals surface area (Å²) in [4.78, 5) is 14.9. The summed E-state index contributed by atoms with van der Waals surface area (Å²) in [5, 5.41) is 3.63. The van der Waals surface area contributed by atoms with Crippen molar-refractivity contribution in [3.05, 3.63) is 23.8 Å². The fourth-order valence-corrected chi connectivity index (χ4v) is 1.51. The van der Waals surface area contributed by atoms with Crippen LogP contribution in [0.3, 0.4) is 0 Å². The molecule has 2 N–H and O–H groups in total. The predicted octanol–water partition coefficient (Wildman–Crippen LogP) is 2.69. The average Bonchev–Trinajstić information content (AvgIpc) is 2.44. The molecule has 20 heavy (non-hydrogen) atoms. The third kappa shape index (κ3) is 4.79. The van der Waals surface area contributed by atoms with Gasteiger partial charge in [0.05, 0.1) is 19.4 Å². The number of methoxy groups -OCH3 is 1. The quantitative estimate of drug-likeness (QED) is 0.360. The van der Waals surface area contributed by atoms with Gasteiger partial charge in [0.2, 0.25) is 0 Å². The summed E-state index contributed by atoms with van der Waals surface area (Å²) in [6.07, 6.45) is 1.07. The van der Waals surface area contributed by atoms with Crippen LogP contribution >= 0.6 is 0 Å². The zero-order valence-corrected chi connectivity index (χ0v) is 12.0. The predicted molar refractivity (Wildman–Crippen MR) is 76.3 cm³/mol. The Morgan fingerprint density at radius 3 is 2.70 bits per heavy atom. The van der Waals surface area contributed by atoms with Crippen molar-refractivity contribution in [2.24, 2.45) is 10.9 Å². The van der Waals surface area contributed by atoms with Crippen molar-refractivity contribution in [1.82, 2.24) is 0 Å². The number of oxime groups is 1. The summed E-state index contributed by atoms with van der Waals surface area (Å²) < 4.78 is 10.9. The Morgan fingerprint density at radius 2 is 2.10 bits per heavy atom. The zero-order valence-electron chi connectivity index (χ0n) is 12.0. The van der Waals surface area contributed by atoms with Gasteiger partial charge in [-0.15, -0.1) is 0 Å². The molecule has 0 saturated heterocycles. The van der Waals surface area contributed by atoms with E-state index in [0.29, 0.717) is 23.8 Å². The highest BCUT2D eigenvalue weighted by atomic mass is 16.7. The maximum Gasteiger partial charge on any atom is 0.430 e. The number of rotatable bonds is 7. The maximum absolute atomic E-state index is 10.5. The first-order valence-corrected chi connectivity index (χ1v) is 6.40. The van der Waals surface area contributed by atoms with E-state index in [4.69, 9.17) is 15.2 Å². The third-order valence-electron chi connectivity index (χ3n) is 2.61. The van der Waals surface area contributed by atoms with Gasteiger partial charge in [0.1, 0.15) is 0 Å². The van der Waals surface area contributed by atoms with E-state index < -0.39 is 6.09 Å². The molecule has 0 spiro atoms. The molecular formula is C14H20N2O4. The Labute approximate surface area is 118 Å². The van der Waals surface area contributed by atoms with Gasteiger partial charge in [-0.2, -0.15) is 0 Å². The number of amides is 1. The van der Waals surface area contributed by atoms with Gasteiger partial charge in [0.25, 0.3) is 0 Å². The van der Waals surface area contributed by atoms with Crippen LogP contribution in [0.2, 0.25) is 0 Å². The summed E-state index contributed by atoms with van der Waals surface area (Å²) in [7, 11) is 1.58. The van der Waals surface area contributed by atoms with E-state index in [2.05, 4.69) is 16.9 Å². The van der Waals surface area contributed by atoms with E-state index in [1.807, 2.05) is 0 Å². The van der Waals surface area contributed by atoms with Crippen LogP contribution in [0.5, 0.6) is 11.5 Å². The SMILES string of the molecule is CCCCOc1cc(C(C)=NOC(N)=O)ccc1OC. The van der Waals surface area contributed by atoms with Gasteiger partial charge in [-0.1, -0.05) is 18.5 Å². The number of nitrogens with zero attached hydrogens (tertiary/aromatic N) is 1. The normalized spacial score (nSPS) is 11.1. The highest BCUT2D eigenvalue weighted by Gasteiger charge is 2.08. The highest BCUT2D eigenvalue weighted by molar-refractivity contribution is 5.99. The van der Waals surface area contributed by atoms with E-state index in [1.165, 1.54) is 0 Å². The van der Waals surface area contributed by atoms with Crippen LogP contribution in [0.15, 0.2) is 23.4 Å². The van der Waals surface area contributed by atoms with Gasteiger partial charge in [-0.05, 0) is 31.5 Å². The average molecular weight is 280 g/mol. The van der Waals surface area contributed by atoms with E-state index in [0.717, 1.165) is 18.4 Å². The standard InChI is InChI=1S/C14H20N2O4/c1-4-5-8-19-13-9-11(6-7-12(13)18-3)10(2)16-20-14(15)17/h6-7,9H,4-5,8H2,1-3H3,(H2,15,17). The largest absolute Gasteiger partial charge is 0.493 e. The van der Waals surface area contributed by atoms with E-state index in [9.17, 15) is 4.79 Å². The van der Waals surface area contributed by atoms with E-state index in [1.54, 1.807) is 32.2 Å². The molecule has 1 aromatic carbocycles. The first-order chi connectivity index (χ1) is 9.58. The summed E-state index contributed by atoms with van der Waals surface area (Å²) in [6.45, 7) is 4.42. The number of primary amides is 1. The molecule has 0 atom stereocenters. The first kappa shape index (κ1) is 15.8. The third-order valence-corrected chi connectivity index (χ3v) is 2.61. The molecule has 1 amide bonds. The number of unbranched alkanes of at least 4 members (excludes halogenated alkanes) is 1. The molecule has 1 rings (SSSR count). The Bertz CT molecular complexity index is 486. The molecule has 0 fully saturated rings. The molecule has 6 nitrogen and oxygen atoms in total. The number of ether oxygens (including phenoxy) is 2. The van der Waals surface area contributed by atoms with Crippen LogP contribution in [0.4, 0.5) is 4.79 Å². The second-order valence-electron chi connectivity index (χ2n) is 4.15. The minimum absolute atomic E-state index is 0.520. The van der Waals surface area contributed by atoms with Gasteiger partial charge in [-0.3, -0.25) is 4.84 Å². The lowest BCUT2D eigenvalue weighted by molar-refractivity contribution is 0.161. The zero-order chi connectivity index (χ0) is 15.0. The van der Waals surface area contributed by atoms with Gasteiger partial charge in [0.15, 0.2) is 11.5 Å². The van der Waals surface area contributed by atoms with Gasteiger partial charge >= 0.3 is 6.09 Å². The molecule has 6 heteroatoms. The molecule has 1 aromatic rings. The lowest BCUT2D eigenvalue weighted by Gasteiger charge is -2.11. The highest BCUT2D eigenvalue weighted by Crippen LogP contribution is 2.28. The molecule has 0 bridgehead atoms. The Hall–Kier alpha value is -2.24. The van der Waals surface area contributed by atoms with Crippen LogP contribution in [0, 0.1) is 0 Å². The summed E-state index contributed by atoms with van der Waals surface area (Å²) >= 11 is 0. The van der Waals surface area contributed by atoms with Gasteiger partial charge in [0, 0.05) is 5.56 Å². The molecule has 0 heterocycles. The molecule has 0 aliphatic rings. The number of nitrogens with two attached hydrogens (primary N) is 1. The van der Waals surface area contributed by atoms with Crippen LogP contribution in [0.1, 0.15) is 32.3 Å². The van der Waals surface area contributed by atoms with Crippen LogP contribution in [0.25, 0.3) is 0 Å². The molecular weight excluding hydrogens is 260 g/mol. The summed E-state index contributed by atoms with van der Waals surface area (Å²) in [5.74, 6) is 1.28. The molecule has 0 radical (unpaired) electrons. The lowest BCUT2D eigenvalue weighted by atomic mass is 10.1. The second kappa shape index (κ2) is 8.04. The molecule has 0 unspecified atom stereocenters. The summed E-state index contributed by atoms with van der Waals surface area (Å²) in [6, 6.07) is 5.37. The maximum atomic E-state index is 10.5. The Morgan fingerprint density at radius 1 is 1.35 bits per heavy atom. The smallest absolute Gasteiger partial charge is 0.430 e. The minimum Gasteiger partial charge on any atom is -0.493 e. The van der Waals surface area contributed by atoms with Crippen molar-refractivity contribution in [1.29, 1.82) is 0 Å². The number of carbonyl (C=O) groups is 1. The molecule has 0 aromatic heterocycles. The van der Waals surface area contributed by atoms with Crippen LogP contribution in [-0.4, -0.2) is 25.5 Å². The first-order valence-electron chi connectivity index (χ1n) is 6.40. The van der Waals surface area contributed by atoms with Crippen molar-refractivity contribution in [2.45, 2.75) is 26.7 Å². The molecule has 0 saturated carbocycles. The lowest BCUT2D eigenvalue weighted by Crippen LogP contribution is -2.11. The fraction of sp³-hybridized carbons (Fsp3) is 0.429. The topological polar surface area (TPSA) is 83.1 Å². The Kier molecular flexibility index (Phi) is 6.36. The summed E-state index contributed by atoms with van der Waals surface area (Å²) in [5.41, 5.74) is 6.15. The van der Waals surface area contributed by atoms with Crippen LogP contribution < -0.4 is 15.2 Å². The second-order valence-corrected chi connectivity index (χ2v) is 4.15. The van der Waals surface area contributed by atoms with Crippen molar-refractivity contribution < 1.29 is 19.1 Å². The van der Waals surface area contributed by atoms with Crippen LogP contribution in [-0.2, 0) is 4.84 Å². The van der Waals surface area contributed by atoms with E-state index >= 15 is 0 Å². The minimum atomic E-state index is -0.947. The van der Waals surface area contributed by atoms with Crippen molar-refractivity contribution in [3.63, 3.8) is 0 Å². The number of hydrogen-bond donors (Lipinski definition) is 1. The van der Waals surface area contributed by atoms with Crippen molar-refractivity contribution in [3.8, 4) is 11.5 Å². The van der Waals surface area contributed by atoms with Crippen molar-refractivity contribution >= 4 is 11.8 Å². The Balaban J connectivity index is 2.90. The van der Waals surface area contributed by atoms with E-state index in [-0.39, 0.29) is 0 Å². The monoisotopic (exact) mass is 280 g/mol. The number of carbonyl (C=O) groups excluding carboxylic acids is 1. The van der Waals surface area contributed by atoms with Gasteiger partial charge in [-0.25, -0.2) is 4.79 Å². The van der Waals surface area contributed by atoms with Gasteiger partial charge < -0.3 is 15.2 Å². The molecule has 110 valence electrons. The van der Waals surface area contributed by atoms with Crippen molar-refractivity contribution in [2.75, 3.05) is 13.7 Å². The number of hydrogen-bond acceptors (Lipinski definition) is 5. The fourth-order valence-electron chi connectivity index (χ4n) is 1.51. The number of benzene rings is 1. The molecule has 0 aliphatic carbocycles.